The normalized spacial score (nSPS) is 12.0. The summed E-state index contributed by atoms with van der Waals surface area (Å²) in [4.78, 5) is 4.43. The van der Waals surface area contributed by atoms with E-state index in [0.29, 0.717) is 16.8 Å². The largest absolute Gasteiger partial charge is 0.423 e. The summed E-state index contributed by atoms with van der Waals surface area (Å²) in [7, 11) is 2.01. The van der Waals surface area contributed by atoms with Gasteiger partial charge in [0.2, 0.25) is 0 Å². The monoisotopic (exact) mass is 407 g/mol. The van der Waals surface area contributed by atoms with Crippen molar-refractivity contribution in [3.63, 3.8) is 0 Å². The summed E-state index contributed by atoms with van der Waals surface area (Å²) < 4.78 is 45.9. The maximum atomic E-state index is 12.7. The Bertz CT molecular complexity index is 1360. The van der Waals surface area contributed by atoms with E-state index in [-0.39, 0.29) is 6.01 Å². The zero-order valence-corrected chi connectivity index (χ0v) is 15.9. The van der Waals surface area contributed by atoms with Gasteiger partial charge in [0.25, 0.3) is 6.01 Å². The number of aryl methyl sites for hydroxylation is 1. The number of rotatable bonds is 3. The number of nitrogens with one attached hydrogen (secondary N) is 1. The second kappa shape index (κ2) is 6.66. The first-order chi connectivity index (χ1) is 14.4. The molecule has 2 heterocycles. The highest BCUT2D eigenvalue weighted by Crippen LogP contribution is 2.32. The molecule has 0 bridgehead atoms. The van der Waals surface area contributed by atoms with Crippen molar-refractivity contribution in [2.45, 2.75) is 6.18 Å². The standard InChI is InChI=1S/C23H16F3N3O/c1-29-11-10-16-12-14(2-8-20(16)29)15-3-9-21-19(13-15)28-22(30-21)27-18-6-4-17(5-7-18)23(24,25)26/h2-13H,1H3,(H,27,28). The average molecular weight is 407 g/mol. The van der Waals surface area contributed by atoms with E-state index in [1.54, 1.807) is 0 Å². The molecule has 5 rings (SSSR count). The molecule has 0 aliphatic carbocycles. The molecule has 0 aliphatic heterocycles. The van der Waals surface area contributed by atoms with Crippen molar-refractivity contribution in [3.8, 4) is 11.1 Å². The molecule has 0 aliphatic rings. The summed E-state index contributed by atoms with van der Waals surface area (Å²) in [6.07, 6.45) is -2.34. The molecule has 5 aromatic rings. The molecule has 30 heavy (non-hydrogen) atoms. The van der Waals surface area contributed by atoms with Crippen LogP contribution >= 0.6 is 0 Å². The molecule has 0 amide bonds. The number of nitrogens with zero attached hydrogens (tertiary/aromatic N) is 2. The minimum Gasteiger partial charge on any atom is -0.423 e. The number of hydrogen-bond donors (Lipinski definition) is 1. The van der Waals surface area contributed by atoms with Gasteiger partial charge in [-0.2, -0.15) is 18.2 Å². The lowest BCUT2D eigenvalue weighted by Gasteiger charge is -2.07. The molecule has 4 nitrogen and oxygen atoms in total. The van der Waals surface area contributed by atoms with E-state index < -0.39 is 11.7 Å². The number of anilines is 2. The summed E-state index contributed by atoms with van der Waals surface area (Å²) in [6, 6.07) is 19.0. The maximum Gasteiger partial charge on any atom is 0.416 e. The lowest BCUT2D eigenvalue weighted by molar-refractivity contribution is -0.137. The molecule has 7 heteroatoms. The summed E-state index contributed by atoms with van der Waals surface area (Å²) in [5.41, 5.74) is 4.24. The molecule has 0 atom stereocenters. The highest BCUT2D eigenvalue weighted by molar-refractivity contribution is 5.88. The third kappa shape index (κ3) is 3.28. The Balaban J connectivity index is 1.43. The molecule has 3 aromatic carbocycles. The van der Waals surface area contributed by atoms with Crippen molar-refractivity contribution >= 4 is 33.7 Å². The molecule has 0 saturated carbocycles. The van der Waals surface area contributed by atoms with Crippen LogP contribution in [0.3, 0.4) is 0 Å². The molecule has 0 fully saturated rings. The van der Waals surface area contributed by atoms with Gasteiger partial charge in [-0.15, -0.1) is 0 Å². The topological polar surface area (TPSA) is 43.0 Å². The smallest absolute Gasteiger partial charge is 0.416 e. The fraction of sp³-hybridized carbons (Fsp3) is 0.0870. The zero-order chi connectivity index (χ0) is 20.9. The van der Waals surface area contributed by atoms with E-state index in [2.05, 4.69) is 39.1 Å². The van der Waals surface area contributed by atoms with Gasteiger partial charge in [-0.05, 0) is 65.7 Å². The quantitative estimate of drug-likeness (QED) is 0.360. The number of fused-ring (bicyclic) bond motifs is 2. The lowest BCUT2D eigenvalue weighted by Crippen LogP contribution is -2.04. The molecule has 1 N–H and O–H groups in total. The number of aromatic nitrogens is 2. The van der Waals surface area contributed by atoms with Crippen LogP contribution in [-0.2, 0) is 13.2 Å². The number of halogens is 3. The Kier molecular flexibility index (Phi) is 4.06. The highest BCUT2D eigenvalue weighted by Gasteiger charge is 2.30. The Morgan fingerprint density at radius 1 is 0.900 bits per heavy atom. The van der Waals surface area contributed by atoms with E-state index in [1.165, 1.54) is 12.1 Å². The van der Waals surface area contributed by atoms with Crippen molar-refractivity contribution < 1.29 is 17.6 Å². The predicted octanol–water partition coefficient (Wildman–Crippen LogP) is 6.75. The first-order valence-corrected chi connectivity index (χ1v) is 9.27. The van der Waals surface area contributed by atoms with Gasteiger partial charge < -0.3 is 14.3 Å². The first-order valence-electron chi connectivity index (χ1n) is 9.27. The highest BCUT2D eigenvalue weighted by atomic mass is 19.4. The summed E-state index contributed by atoms with van der Waals surface area (Å²) in [6.45, 7) is 0. The minimum absolute atomic E-state index is 0.223. The van der Waals surface area contributed by atoms with Gasteiger partial charge in [0, 0.05) is 29.8 Å². The van der Waals surface area contributed by atoms with Gasteiger partial charge in [0.1, 0.15) is 5.52 Å². The summed E-state index contributed by atoms with van der Waals surface area (Å²) in [5, 5.41) is 4.06. The van der Waals surface area contributed by atoms with Crippen LogP contribution in [0.5, 0.6) is 0 Å². The molecule has 150 valence electrons. The Hall–Kier alpha value is -3.74. The molecule has 0 unspecified atom stereocenters. The van der Waals surface area contributed by atoms with E-state index in [1.807, 2.05) is 31.4 Å². The average Bonchev–Trinajstić information content (AvgIpc) is 3.29. The Morgan fingerprint density at radius 2 is 1.63 bits per heavy atom. The summed E-state index contributed by atoms with van der Waals surface area (Å²) in [5.74, 6) is 0. The Labute approximate surface area is 169 Å². The minimum atomic E-state index is -4.37. The molecule has 0 radical (unpaired) electrons. The second-order valence-corrected chi connectivity index (χ2v) is 7.10. The molecule has 2 aromatic heterocycles. The van der Waals surface area contributed by atoms with Gasteiger partial charge in [-0.3, -0.25) is 0 Å². The predicted molar refractivity (Wildman–Crippen MR) is 111 cm³/mol. The van der Waals surface area contributed by atoms with Crippen LogP contribution in [0.2, 0.25) is 0 Å². The number of benzene rings is 3. The molecular formula is C23H16F3N3O. The van der Waals surface area contributed by atoms with Crippen molar-refractivity contribution in [3.05, 3.63) is 78.5 Å². The van der Waals surface area contributed by atoms with Crippen LogP contribution in [0.15, 0.2) is 77.3 Å². The van der Waals surface area contributed by atoms with Crippen LogP contribution < -0.4 is 5.32 Å². The fourth-order valence-electron chi connectivity index (χ4n) is 3.49. The van der Waals surface area contributed by atoms with Gasteiger partial charge in [0.15, 0.2) is 5.58 Å². The van der Waals surface area contributed by atoms with E-state index in [4.69, 9.17) is 4.42 Å². The van der Waals surface area contributed by atoms with Crippen LogP contribution in [0.4, 0.5) is 24.9 Å². The maximum absolute atomic E-state index is 12.7. The molecule has 0 saturated heterocycles. The third-order valence-corrected chi connectivity index (χ3v) is 5.07. The van der Waals surface area contributed by atoms with Crippen molar-refractivity contribution in [1.82, 2.24) is 9.55 Å². The van der Waals surface area contributed by atoms with Crippen molar-refractivity contribution in [2.24, 2.45) is 7.05 Å². The SMILES string of the molecule is Cn1ccc2cc(-c3ccc4oc(Nc5ccc(C(F)(F)F)cc5)nc4c3)ccc21. The van der Waals surface area contributed by atoms with Crippen LogP contribution in [0.1, 0.15) is 5.56 Å². The lowest BCUT2D eigenvalue weighted by atomic mass is 10.0. The van der Waals surface area contributed by atoms with Gasteiger partial charge >= 0.3 is 6.18 Å². The number of oxazole rings is 1. The first kappa shape index (κ1) is 18.3. The zero-order valence-electron chi connectivity index (χ0n) is 15.9. The van der Waals surface area contributed by atoms with Crippen LogP contribution in [0.25, 0.3) is 33.1 Å². The van der Waals surface area contributed by atoms with E-state index in [9.17, 15) is 13.2 Å². The van der Waals surface area contributed by atoms with Gasteiger partial charge in [0.05, 0.1) is 5.56 Å². The Morgan fingerprint density at radius 3 is 2.40 bits per heavy atom. The third-order valence-electron chi connectivity index (χ3n) is 5.07. The van der Waals surface area contributed by atoms with E-state index in [0.717, 1.165) is 34.2 Å². The van der Waals surface area contributed by atoms with Crippen LogP contribution in [0, 0.1) is 0 Å². The van der Waals surface area contributed by atoms with Gasteiger partial charge in [-0.1, -0.05) is 12.1 Å². The fourth-order valence-corrected chi connectivity index (χ4v) is 3.49. The van der Waals surface area contributed by atoms with Crippen molar-refractivity contribution in [1.29, 1.82) is 0 Å². The summed E-state index contributed by atoms with van der Waals surface area (Å²) >= 11 is 0. The molecule has 0 spiro atoms. The van der Waals surface area contributed by atoms with Gasteiger partial charge in [-0.25, -0.2) is 0 Å². The van der Waals surface area contributed by atoms with E-state index >= 15 is 0 Å². The molecular weight excluding hydrogens is 391 g/mol. The van der Waals surface area contributed by atoms with Crippen molar-refractivity contribution in [2.75, 3.05) is 5.32 Å². The number of hydrogen-bond acceptors (Lipinski definition) is 3. The number of alkyl halides is 3. The van der Waals surface area contributed by atoms with Crippen LogP contribution in [-0.4, -0.2) is 9.55 Å². The second-order valence-electron chi connectivity index (χ2n) is 7.10.